The van der Waals surface area contributed by atoms with E-state index in [9.17, 15) is 4.79 Å². The molecule has 2 heterocycles. The monoisotopic (exact) mass is 613 g/mol. The average Bonchev–Trinajstić information content (AvgIpc) is 3.45. The van der Waals surface area contributed by atoms with E-state index >= 15 is 0 Å². The number of aromatic nitrogens is 3. The first-order valence-corrected chi connectivity index (χ1v) is 18.8. The third-order valence-corrected chi connectivity index (χ3v) is 13.4. The molecular formula is C33H55N5O4Si. The molecule has 0 radical (unpaired) electrons. The van der Waals surface area contributed by atoms with Crippen LogP contribution in [0, 0.1) is 5.92 Å². The van der Waals surface area contributed by atoms with Crippen LogP contribution >= 0.6 is 0 Å². The Bertz CT molecular complexity index is 1250. The van der Waals surface area contributed by atoms with Gasteiger partial charge in [0.05, 0.1) is 17.8 Å². The summed E-state index contributed by atoms with van der Waals surface area (Å²) in [5.41, 5.74) is 1.54. The Labute approximate surface area is 260 Å². The molecule has 0 aliphatic heterocycles. The van der Waals surface area contributed by atoms with Gasteiger partial charge in [0.25, 0.3) is 0 Å². The van der Waals surface area contributed by atoms with Crippen LogP contribution in [0.25, 0.3) is 0 Å². The molecule has 10 heteroatoms. The third kappa shape index (κ3) is 8.97. The first kappa shape index (κ1) is 33.3. The Morgan fingerprint density at radius 1 is 1.00 bits per heavy atom. The Hall–Kier alpha value is -2.59. The van der Waals surface area contributed by atoms with E-state index < -0.39 is 8.32 Å². The van der Waals surface area contributed by atoms with Gasteiger partial charge in [-0.1, -0.05) is 20.8 Å². The van der Waals surface area contributed by atoms with E-state index in [0.29, 0.717) is 30.4 Å². The number of alkyl carbamates (subject to hydrolysis) is 1. The maximum absolute atomic E-state index is 12.0. The summed E-state index contributed by atoms with van der Waals surface area (Å²) >= 11 is 0. The van der Waals surface area contributed by atoms with Gasteiger partial charge in [0.2, 0.25) is 5.88 Å². The van der Waals surface area contributed by atoms with E-state index in [1.54, 1.807) is 6.20 Å². The van der Waals surface area contributed by atoms with E-state index in [1.807, 2.05) is 32.9 Å². The van der Waals surface area contributed by atoms with E-state index in [0.717, 1.165) is 49.3 Å². The minimum Gasteiger partial charge on any atom is -0.477 e. The topological polar surface area (TPSA) is 99.5 Å². The molecule has 2 saturated carbocycles. The highest BCUT2D eigenvalue weighted by Crippen LogP contribution is 2.43. The van der Waals surface area contributed by atoms with Crippen LogP contribution in [0.5, 0.6) is 5.88 Å². The van der Waals surface area contributed by atoms with Crippen molar-refractivity contribution in [3.8, 4) is 5.88 Å². The highest BCUT2D eigenvalue weighted by atomic mass is 28.4. The summed E-state index contributed by atoms with van der Waals surface area (Å²) in [5, 5.41) is 11.7. The number of anilines is 2. The summed E-state index contributed by atoms with van der Waals surface area (Å²) < 4.78 is 20.4. The molecule has 43 heavy (non-hydrogen) atoms. The molecule has 0 aromatic carbocycles. The molecule has 2 atom stereocenters. The van der Waals surface area contributed by atoms with Crippen molar-refractivity contribution in [3.63, 3.8) is 0 Å². The summed E-state index contributed by atoms with van der Waals surface area (Å²) in [6.07, 6.45) is 6.46. The number of rotatable bonds is 9. The number of carbonyl (C=O) groups is 1. The summed E-state index contributed by atoms with van der Waals surface area (Å²) in [6.45, 7) is 24.5. The number of nitrogens with zero attached hydrogens (tertiary/aromatic N) is 3. The summed E-state index contributed by atoms with van der Waals surface area (Å²) in [7, 11) is -1.80. The Morgan fingerprint density at radius 2 is 1.70 bits per heavy atom. The number of hydrogen-bond acceptors (Lipinski definition) is 7. The van der Waals surface area contributed by atoms with Crippen LogP contribution in [0.3, 0.4) is 0 Å². The largest absolute Gasteiger partial charge is 0.477 e. The molecule has 2 aromatic rings. The molecule has 2 aliphatic rings. The van der Waals surface area contributed by atoms with Crippen LogP contribution in [0.15, 0.2) is 24.4 Å². The average molecular weight is 614 g/mol. The summed E-state index contributed by atoms with van der Waals surface area (Å²) in [4.78, 5) is 16.4. The van der Waals surface area contributed by atoms with Gasteiger partial charge in [-0.2, -0.15) is 5.10 Å². The maximum Gasteiger partial charge on any atom is 0.407 e. The predicted octanol–water partition coefficient (Wildman–Crippen LogP) is 8.12. The molecular weight excluding hydrogens is 558 g/mol. The fourth-order valence-electron chi connectivity index (χ4n) is 5.42. The van der Waals surface area contributed by atoms with Gasteiger partial charge in [0.15, 0.2) is 8.32 Å². The lowest BCUT2D eigenvalue weighted by Gasteiger charge is -2.38. The van der Waals surface area contributed by atoms with E-state index in [2.05, 4.69) is 81.0 Å². The van der Waals surface area contributed by atoms with E-state index in [-0.39, 0.29) is 28.3 Å². The van der Waals surface area contributed by atoms with Gasteiger partial charge in [-0.3, -0.25) is 0 Å². The second-order valence-electron chi connectivity index (χ2n) is 16.1. The molecule has 0 bridgehead atoms. The number of ether oxygens (including phenoxy) is 2. The van der Waals surface area contributed by atoms with Gasteiger partial charge in [0.1, 0.15) is 11.9 Å². The highest BCUT2D eigenvalue weighted by molar-refractivity contribution is 6.74. The van der Waals surface area contributed by atoms with Crippen molar-refractivity contribution in [1.82, 2.24) is 20.1 Å². The molecule has 2 N–H and O–H groups in total. The number of carbonyl (C=O) groups excluding carboxylic acids is 1. The first-order chi connectivity index (χ1) is 19.8. The Kier molecular flexibility index (Phi) is 9.62. The highest BCUT2D eigenvalue weighted by Gasteiger charge is 2.41. The van der Waals surface area contributed by atoms with Crippen LogP contribution in [0.1, 0.15) is 106 Å². The zero-order chi connectivity index (χ0) is 31.8. The van der Waals surface area contributed by atoms with Gasteiger partial charge in [-0.05, 0) is 97.8 Å². The second kappa shape index (κ2) is 12.4. The van der Waals surface area contributed by atoms with Gasteiger partial charge in [-0.25, -0.2) is 14.5 Å². The standard InChI is InChI=1S/C33H55N5O4Si/c1-31(2,3)36-30(39)41-26-16-22(17-26)21-40-29-19-24(14-15-34-29)35-28-20-27(37-38(28)32(4,5)6)23-12-13-25(18-23)42-43(10,11)33(7,8)9/h14-15,19-20,22-23,25-26H,12-13,16-18,21H2,1-11H3,(H,34,35)(H,36,39)/t22?,23-,25+,26?/m0/s1. The van der Waals surface area contributed by atoms with Gasteiger partial charge >= 0.3 is 6.09 Å². The lowest BCUT2D eigenvalue weighted by atomic mass is 9.83. The van der Waals surface area contributed by atoms with Crippen LogP contribution < -0.4 is 15.4 Å². The molecule has 240 valence electrons. The zero-order valence-corrected chi connectivity index (χ0v) is 29.3. The third-order valence-electron chi connectivity index (χ3n) is 8.85. The van der Waals surface area contributed by atoms with Crippen molar-refractivity contribution in [1.29, 1.82) is 0 Å². The molecule has 2 aromatic heterocycles. The van der Waals surface area contributed by atoms with E-state index in [4.69, 9.17) is 19.0 Å². The van der Waals surface area contributed by atoms with Crippen molar-refractivity contribution in [2.75, 3.05) is 11.9 Å². The number of pyridine rings is 1. The van der Waals surface area contributed by atoms with Crippen LogP contribution in [-0.2, 0) is 14.7 Å². The molecule has 2 aliphatic carbocycles. The van der Waals surface area contributed by atoms with Crippen molar-refractivity contribution < 1.29 is 18.7 Å². The van der Waals surface area contributed by atoms with Crippen molar-refractivity contribution in [2.24, 2.45) is 5.92 Å². The quantitative estimate of drug-likeness (QED) is 0.276. The summed E-state index contributed by atoms with van der Waals surface area (Å²) in [5.74, 6) is 2.26. The number of amides is 1. The maximum atomic E-state index is 12.0. The minimum atomic E-state index is -1.80. The lowest BCUT2D eigenvalue weighted by molar-refractivity contribution is -0.00120. The number of hydrogen-bond donors (Lipinski definition) is 2. The van der Waals surface area contributed by atoms with Gasteiger partial charge in [0, 0.05) is 47.5 Å². The number of nitrogens with one attached hydrogen (secondary N) is 2. The van der Waals surface area contributed by atoms with Gasteiger partial charge in [-0.15, -0.1) is 0 Å². The Balaban J connectivity index is 1.34. The molecule has 4 rings (SSSR count). The fourth-order valence-corrected chi connectivity index (χ4v) is 6.82. The molecule has 0 saturated heterocycles. The van der Waals surface area contributed by atoms with E-state index in [1.165, 1.54) is 0 Å². The van der Waals surface area contributed by atoms with Crippen LogP contribution in [0.2, 0.25) is 18.1 Å². The molecule has 9 nitrogen and oxygen atoms in total. The zero-order valence-electron chi connectivity index (χ0n) is 28.3. The molecule has 0 spiro atoms. The van der Waals surface area contributed by atoms with Crippen molar-refractivity contribution in [3.05, 3.63) is 30.1 Å². The first-order valence-electron chi connectivity index (χ1n) is 15.9. The van der Waals surface area contributed by atoms with Crippen molar-refractivity contribution >= 4 is 25.9 Å². The minimum absolute atomic E-state index is 0.0578. The SMILES string of the molecule is CC(C)(C)NC(=O)OC1CC(COc2cc(Nc3cc([C@H]4CC[C@@H](O[Si](C)(C)C(C)(C)C)C4)nn3C(C)(C)C)ccn2)C1. The van der Waals surface area contributed by atoms with Crippen molar-refractivity contribution in [2.45, 2.75) is 142 Å². The second-order valence-corrected chi connectivity index (χ2v) is 20.9. The van der Waals surface area contributed by atoms with Gasteiger partial charge < -0.3 is 24.5 Å². The molecule has 1 amide bonds. The van der Waals surface area contributed by atoms with Crippen LogP contribution in [0.4, 0.5) is 16.3 Å². The van der Waals surface area contributed by atoms with Crippen LogP contribution in [-0.4, -0.2) is 53.5 Å². The smallest absolute Gasteiger partial charge is 0.407 e. The molecule has 2 fully saturated rings. The summed E-state index contributed by atoms with van der Waals surface area (Å²) in [6, 6.07) is 6.09. The predicted molar refractivity (Wildman–Crippen MR) is 175 cm³/mol. The normalized spacial score (nSPS) is 23.0. The molecule has 0 unspecified atom stereocenters. The Morgan fingerprint density at radius 3 is 2.33 bits per heavy atom. The fraction of sp³-hybridized carbons (Fsp3) is 0.727. The lowest BCUT2D eigenvalue weighted by Crippen LogP contribution is -2.45.